The van der Waals surface area contributed by atoms with Gasteiger partial charge in [-0.25, -0.2) is 0 Å². The zero-order valence-electron chi connectivity index (χ0n) is 7.98. The molecule has 0 spiro atoms. The lowest BCUT2D eigenvalue weighted by Gasteiger charge is -2.04. The Morgan fingerprint density at radius 2 is 1.80 bits per heavy atom. The molecule has 0 heterocycles. The summed E-state index contributed by atoms with van der Waals surface area (Å²) in [5.41, 5.74) is 6.65. The van der Waals surface area contributed by atoms with E-state index in [4.69, 9.17) is 17.3 Å². The second kappa shape index (κ2) is 4.60. The van der Waals surface area contributed by atoms with E-state index in [-0.39, 0.29) is 0 Å². The third-order valence-corrected chi connectivity index (χ3v) is 3.26. The fourth-order valence-corrected chi connectivity index (χ4v) is 2.40. The minimum absolute atomic E-state index is 0.745. The number of hydrogen-bond acceptors (Lipinski definition) is 2. The molecule has 1 nitrogen and oxygen atoms in total. The Bertz CT molecular complexity index is 471. The third-order valence-electron chi connectivity index (χ3n) is 1.94. The number of halogens is 1. The van der Waals surface area contributed by atoms with Gasteiger partial charge in [0.15, 0.2) is 0 Å². The Morgan fingerprint density at radius 3 is 2.53 bits per heavy atom. The van der Waals surface area contributed by atoms with Crippen molar-refractivity contribution in [3.8, 4) is 0 Å². The van der Waals surface area contributed by atoms with E-state index >= 15 is 0 Å². The molecule has 0 aliphatic heterocycles. The van der Waals surface area contributed by atoms with E-state index in [0.717, 1.165) is 20.5 Å². The maximum Gasteiger partial charge on any atom is 0.0455 e. The summed E-state index contributed by atoms with van der Waals surface area (Å²) in [6.07, 6.45) is 0. The van der Waals surface area contributed by atoms with Crippen LogP contribution in [0.25, 0.3) is 0 Å². The highest BCUT2D eigenvalue weighted by Gasteiger charge is 2.00. The zero-order chi connectivity index (χ0) is 10.7. The SMILES string of the molecule is Nc1ccccc1Sc1cccc(Cl)c1. The van der Waals surface area contributed by atoms with Crippen molar-refractivity contribution in [3.05, 3.63) is 53.6 Å². The summed E-state index contributed by atoms with van der Waals surface area (Å²) < 4.78 is 0. The van der Waals surface area contributed by atoms with Gasteiger partial charge in [-0.1, -0.05) is 41.6 Å². The van der Waals surface area contributed by atoms with Crippen LogP contribution in [-0.2, 0) is 0 Å². The van der Waals surface area contributed by atoms with Gasteiger partial charge in [-0.15, -0.1) is 0 Å². The van der Waals surface area contributed by atoms with Gasteiger partial charge in [0.05, 0.1) is 0 Å². The first-order valence-electron chi connectivity index (χ1n) is 4.53. The summed E-state index contributed by atoms with van der Waals surface area (Å²) in [6, 6.07) is 15.5. The molecule has 2 rings (SSSR count). The molecule has 2 N–H and O–H groups in total. The lowest BCUT2D eigenvalue weighted by Crippen LogP contribution is -1.86. The highest BCUT2D eigenvalue weighted by molar-refractivity contribution is 7.99. The van der Waals surface area contributed by atoms with Crippen molar-refractivity contribution in [1.29, 1.82) is 0 Å². The monoisotopic (exact) mass is 235 g/mol. The van der Waals surface area contributed by atoms with Gasteiger partial charge >= 0.3 is 0 Å². The van der Waals surface area contributed by atoms with Gasteiger partial charge in [0, 0.05) is 20.5 Å². The van der Waals surface area contributed by atoms with Crippen LogP contribution in [0.2, 0.25) is 5.02 Å². The largest absolute Gasteiger partial charge is 0.398 e. The number of nitrogens with two attached hydrogens (primary N) is 1. The maximum absolute atomic E-state index is 5.91. The second-order valence-electron chi connectivity index (χ2n) is 3.10. The first-order chi connectivity index (χ1) is 7.25. The number of hydrogen-bond donors (Lipinski definition) is 1. The van der Waals surface area contributed by atoms with Crippen molar-refractivity contribution in [3.63, 3.8) is 0 Å². The Hall–Kier alpha value is -1.12. The number of nitrogen functional groups attached to an aromatic ring is 1. The molecule has 0 radical (unpaired) electrons. The number of anilines is 1. The molecule has 0 unspecified atom stereocenters. The van der Waals surface area contributed by atoms with E-state index < -0.39 is 0 Å². The van der Waals surface area contributed by atoms with Crippen molar-refractivity contribution in [2.75, 3.05) is 5.73 Å². The average Bonchev–Trinajstić information content (AvgIpc) is 2.22. The summed E-state index contributed by atoms with van der Waals surface area (Å²) in [5, 5.41) is 0.745. The molecule has 2 aromatic rings. The molecule has 0 saturated carbocycles. The molecule has 0 fully saturated rings. The molecule has 0 saturated heterocycles. The van der Waals surface area contributed by atoms with Gasteiger partial charge in [0.2, 0.25) is 0 Å². The van der Waals surface area contributed by atoms with Gasteiger partial charge in [-0.2, -0.15) is 0 Å². The molecule has 0 aromatic heterocycles. The molecule has 0 amide bonds. The lowest BCUT2D eigenvalue weighted by atomic mass is 10.3. The van der Waals surface area contributed by atoms with Crippen molar-refractivity contribution in [2.45, 2.75) is 9.79 Å². The van der Waals surface area contributed by atoms with Gasteiger partial charge in [-0.3, -0.25) is 0 Å². The third kappa shape index (κ3) is 2.67. The molecule has 0 atom stereocenters. The van der Waals surface area contributed by atoms with Crippen LogP contribution in [0.5, 0.6) is 0 Å². The van der Waals surface area contributed by atoms with Crippen LogP contribution in [0.3, 0.4) is 0 Å². The van der Waals surface area contributed by atoms with Crippen molar-refractivity contribution in [1.82, 2.24) is 0 Å². The van der Waals surface area contributed by atoms with E-state index in [1.54, 1.807) is 11.8 Å². The molecule has 0 aliphatic rings. The van der Waals surface area contributed by atoms with E-state index in [1.807, 2.05) is 48.5 Å². The van der Waals surface area contributed by atoms with E-state index in [1.165, 1.54) is 0 Å². The molecule has 15 heavy (non-hydrogen) atoms. The van der Waals surface area contributed by atoms with E-state index in [0.29, 0.717) is 0 Å². The van der Waals surface area contributed by atoms with E-state index in [2.05, 4.69) is 0 Å². The first kappa shape index (κ1) is 10.4. The summed E-state index contributed by atoms with van der Waals surface area (Å²) in [5.74, 6) is 0. The predicted octanol–water partition coefficient (Wildman–Crippen LogP) is 4.07. The fourth-order valence-electron chi connectivity index (χ4n) is 1.23. The quantitative estimate of drug-likeness (QED) is 0.794. The van der Waals surface area contributed by atoms with Gasteiger partial charge in [-0.05, 0) is 30.3 Å². The Kier molecular flexibility index (Phi) is 3.19. The second-order valence-corrected chi connectivity index (χ2v) is 4.65. The molecule has 0 bridgehead atoms. The van der Waals surface area contributed by atoms with Crippen molar-refractivity contribution >= 4 is 29.1 Å². The summed E-state index contributed by atoms with van der Waals surface area (Å²) in [4.78, 5) is 2.15. The zero-order valence-corrected chi connectivity index (χ0v) is 9.55. The van der Waals surface area contributed by atoms with Crippen LogP contribution in [0.1, 0.15) is 0 Å². The molecule has 76 valence electrons. The van der Waals surface area contributed by atoms with Gasteiger partial charge < -0.3 is 5.73 Å². The molecule has 0 aliphatic carbocycles. The molecule has 2 aromatic carbocycles. The van der Waals surface area contributed by atoms with Crippen LogP contribution in [0.4, 0.5) is 5.69 Å². The van der Waals surface area contributed by atoms with Gasteiger partial charge in [0.25, 0.3) is 0 Å². The van der Waals surface area contributed by atoms with Crippen LogP contribution >= 0.6 is 23.4 Å². The van der Waals surface area contributed by atoms with Crippen LogP contribution in [-0.4, -0.2) is 0 Å². The topological polar surface area (TPSA) is 26.0 Å². The Balaban J connectivity index is 2.26. The van der Waals surface area contributed by atoms with Crippen molar-refractivity contribution in [2.24, 2.45) is 0 Å². The first-order valence-corrected chi connectivity index (χ1v) is 5.73. The summed E-state index contributed by atoms with van der Waals surface area (Å²) in [6.45, 7) is 0. The fraction of sp³-hybridized carbons (Fsp3) is 0. The average molecular weight is 236 g/mol. The van der Waals surface area contributed by atoms with Crippen LogP contribution in [0.15, 0.2) is 58.3 Å². The smallest absolute Gasteiger partial charge is 0.0455 e. The number of rotatable bonds is 2. The Labute approximate surface area is 98.3 Å². The summed E-state index contributed by atoms with van der Waals surface area (Å²) in [7, 11) is 0. The molecular weight excluding hydrogens is 226 g/mol. The minimum Gasteiger partial charge on any atom is -0.398 e. The molecular formula is C12H10ClNS. The molecule has 3 heteroatoms. The minimum atomic E-state index is 0.745. The van der Waals surface area contributed by atoms with Crippen LogP contribution < -0.4 is 5.73 Å². The highest BCUT2D eigenvalue weighted by atomic mass is 35.5. The standard InChI is InChI=1S/C12H10ClNS/c13-9-4-3-5-10(8-9)15-12-7-2-1-6-11(12)14/h1-8H,14H2. The van der Waals surface area contributed by atoms with E-state index in [9.17, 15) is 0 Å². The predicted molar refractivity (Wildman–Crippen MR) is 66.4 cm³/mol. The number of benzene rings is 2. The normalized spacial score (nSPS) is 10.2. The maximum atomic E-state index is 5.91. The van der Waals surface area contributed by atoms with Gasteiger partial charge in [0.1, 0.15) is 0 Å². The van der Waals surface area contributed by atoms with Crippen LogP contribution in [0, 0.1) is 0 Å². The highest BCUT2D eigenvalue weighted by Crippen LogP contribution is 2.32. The lowest BCUT2D eigenvalue weighted by molar-refractivity contribution is 1.41. The number of para-hydroxylation sites is 1. The summed E-state index contributed by atoms with van der Waals surface area (Å²) >= 11 is 7.53. The Morgan fingerprint density at radius 1 is 1.00 bits per heavy atom. The van der Waals surface area contributed by atoms with Crippen molar-refractivity contribution < 1.29 is 0 Å².